The lowest BCUT2D eigenvalue weighted by molar-refractivity contribution is 0.238. The maximum atomic E-state index is 9.16. The number of ether oxygens (including phenoxy) is 1. The van der Waals surface area contributed by atoms with E-state index in [1.165, 1.54) is 16.3 Å². The zero-order valence-corrected chi connectivity index (χ0v) is 11.5. The van der Waals surface area contributed by atoms with Crippen LogP contribution >= 0.6 is 0 Å². The molecule has 0 bridgehead atoms. The molecule has 0 aromatic heterocycles. The van der Waals surface area contributed by atoms with E-state index in [0.29, 0.717) is 0 Å². The minimum Gasteiger partial charge on any atom is -0.497 e. The van der Waals surface area contributed by atoms with Gasteiger partial charge in [0.1, 0.15) is 5.75 Å². The fourth-order valence-corrected chi connectivity index (χ4v) is 2.11. The van der Waals surface area contributed by atoms with E-state index in [4.69, 9.17) is 9.84 Å². The lowest BCUT2D eigenvalue weighted by atomic mass is 10.1. The van der Waals surface area contributed by atoms with Gasteiger partial charge in [0.2, 0.25) is 0 Å². The molecule has 2 rings (SSSR count). The number of aliphatic hydroxyl groups is 1. The Morgan fingerprint density at radius 1 is 1.16 bits per heavy atom. The van der Waals surface area contributed by atoms with E-state index in [9.17, 15) is 0 Å². The van der Waals surface area contributed by atoms with Crippen molar-refractivity contribution in [2.24, 2.45) is 0 Å². The zero-order chi connectivity index (χ0) is 13.7. The third kappa shape index (κ3) is 3.46. The average Bonchev–Trinajstić information content (AvgIpc) is 2.47. The van der Waals surface area contributed by atoms with Crippen molar-refractivity contribution in [2.45, 2.75) is 25.9 Å². The van der Waals surface area contributed by atoms with E-state index < -0.39 is 0 Å². The van der Waals surface area contributed by atoms with Gasteiger partial charge in [-0.2, -0.15) is 0 Å². The van der Waals surface area contributed by atoms with Gasteiger partial charge in [-0.25, -0.2) is 0 Å². The van der Waals surface area contributed by atoms with E-state index in [1.54, 1.807) is 7.11 Å². The molecule has 19 heavy (non-hydrogen) atoms. The molecule has 102 valence electrons. The van der Waals surface area contributed by atoms with Crippen LogP contribution in [0.2, 0.25) is 0 Å². The van der Waals surface area contributed by atoms with E-state index in [1.807, 2.05) is 12.1 Å². The second-order valence-corrected chi connectivity index (χ2v) is 4.72. The molecule has 0 aliphatic rings. The quantitative estimate of drug-likeness (QED) is 0.838. The molecule has 1 atom stereocenters. The highest BCUT2D eigenvalue weighted by Gasteiger charge is 2.04. The van der Waals surface area contributed by atoms with E-state index >= 15 is 0 Å². The summed E-state index contributed by atoms with van der Waals surface area (Å²) >= 11 is 0. The van der Waals surface area contributed by atoms with Gasteiger partial charge >= 0.3 is 0 Å². The Hall–Kier alpha value is -1.58. The van der Waals surface area contributed by atoms with Crippen molar-refractivity contribution in [3.8, 4) is 5.75 Å². The van der Waals surface area contributed by atoms with Crippen LogP contribution in [-0.4, -0.2) is 24.9 Å². The highest BCUT2D eigenvalue weighted by atomic mass is 16.5. The Morgan fingerprint density at radius 2 is 1.89 bits per heavy atom. The molecule has 0 saturated carbocycles. The summed E-state index contributed by atoms with van der Waals surface area (Å²) in [6.07, 6.45) is 0.932. The summed E-state index contributed by atoms with van der Waals surface area (Å²) in [5.41, 5.74) is 1.23. The number of aliphatic hydroxyl groups excluding tert-OH is 1. The standard InChI is InChI=1S/C16H21NO2/c1-3-15(11-18)17-10-12-4-5-14-9-16(19-2)7-6-13(14)8-12/h4-9,15,17-18H,3,10-11H2,1-2H3/t15-/m0/s1. The SMILES string of the molecule is CC[C@@H](CO)NCc1ccc2cc(OC)ccc2c1. The second-order valence-electron chi connectivity index (χ2n) is 4.72. The zero-order valence-electron chi connectivity index (χ0n) is 11.5. The van der Waals surface area contributed by atoms with Crippen LogP contribution in [0.4, 0.5) is 0 Å². The van der Waals surface area contributed by atoms with Crippen LogP contribution in [0, 0.1) is 0 Å². The summed E-state index contributed by atoms with van der Waals surface area (Å²) in [6.45, 7) is 3.03. The highest BCUT2D eigenvalue weighted by Crippen LogP contribution is 2.21. The van der Waals surface area contributed by atoms with Crippen molar-refractivity contribution < 1.29 is 9.84 Å². The molecule has 0 radical (unpaired) electrons. The van der Waals surface area contributed by atoms with Gasteiger partial charge in [-0.1, -0.05) is 25.1 Å². The Balaban J connectivity index is 2.13. The molecule has 0 unspecified atom stereocenters. The Morgan fingerprint density at radius 3 is 2.58 bits per heavy atom. The van der Waals surface area contributed by atoms with Gasteiger partial charge in [0.25, 0.3) is 0 Å². The van der Waals surface area contributed by atoms with Crippen molar-refractivity contribution in [1.82, 2.24) is 5.32 Å². The number of benzene rings is 2. The Kier molecular flexibility index (Phi) is 4.77. The van der Waals surface area contributed by atoms with Gasteiger partial charge in [-0.15, -0.1) is 0 Å². The predicted molar refractivity (Wildman–Crippen MR) is 78.5 cm³/mol. The third-order valence-electron chi connectivity index (χ3n) is 3.42. The molecule has 0 amide bonds. The molecule has 0 heterocycles. The van der Waals surface area contributed by atoms with Crippen LogP contribution in [-0.2, 0) is 6.54 Å². The van der Waals surface area contributed by atoms with Crippen LogP contribution in [0.25, 0.3) is 10.8 Å². The van der Waals surface area contributed by atoms with E-state index in [0.717, 1.165) is 18.7 Å². The molecule has 0 fully saturated rings. The first kappa shape index (κ1) is 13.8. The van der Waals surface area contributed by atoms with Crippen LogP contribution in [0.5, 0.6) is 5.75 Å². The van der Waals surface area contributed by atoms with Gasteiger partial charge in [-0.05, 0) is 41.0 Å². The normalized spacial score (nSPS) is 12.6. The summed E-state index contributed by atoms with van der Waals surface area (Å²) in [4.78, 5) is 0. The summed E-state index contributed by atoms with van der Waals surface area (Å²) in [6, 6.07) is 12.6. The van der Waals surface area contributed by atoms with Gasteiger partial charge < -0.3 is 15.2 Å². The highest BCUT2D eigenvalue weighted by molar-refractivity contribution is 5.84. The van der Waals surface area contributed by atoms with Crippen LogP contribution in [0.1, 0.15) is 18.9 Å². The summed E-state index contributed by atoms with van der Waals surface area (Å²) < 4.78 is 5.22. The van der Waals surface area contributed by atoms with Gasteiger partial charge in [-0.3, -0.25) is 0 Å². The minimum atomic E-state index is 0.173. The number of fused-ring (bicyclic) bond motifs is 1. The fourth-order valence-electron chi connectivity index (χ4n) is 2.11. The minimum absolute atomic E-state index is 0.173. The maximum Gasteiger partial charge on any atom is 0.119 e. The molecule has 2 aromatic rings. The van der Waals surface area contributed by atoms with Gasteiger partial charge in [0.15, 0.2) is 0 Å². The largest absolute Gasteiger partial charge is 0.497 e. The second kappa shape index (κ2) is 6.55. The van der Waals surface area contributed by atoms with Crippen molar-refractivity contribution in [3.63, 3.8) is 0 Å². The first-order valence-electron chi connectivity index (χ1n) is 6.67. The number of hydrogen-bond acceptors (Lipinski definition) is 3. The summed E-state index contributed by atoms with van der Waals surface area (Å²) in [5.74, 6) is 0.879. The number of hydrogen-bond donors (Lipinski definition) is 2. The molecule has 3 heteroatoms. The van der Waals surface area contributed by atoms with E-state index in [2.05, 4.69) is 36.5 Å². The summed E-state index contributed by atoms with van der Waals surface area (Å²) in [5, 5.41) is 14.9. The first-order valence-corrected chi connectivity index (χ1v) is 6.67. The fraction of sp³-hybridized carbons (Fsp3) is 0.375. The molecule has 3 nitrogen and oxygen atoms in total. The molecule has 0 spiro atoms. The maximum absolute atomic E-state index is 9.16. The Labute approximate surface area is 114 Å². The molecular weight excluding hydrogens is 238 g/mol. The van der Waals surface area contributed by atoms with Gasteiger partial charge in [0, 0.05) is 12.6 Å². The lowest BCUT2D eigenvalue weighted by Gasteiger charge is -2.14. The smallest absolute Gasteiger partial charge is 0.119 e. The molecule has 2 N–H and O–H groups in total. The van der Waals surface area contributed by atoms with Crippen molar-refractivity contribution in [1.29, 1.82) is 0 Å². The van der Waals surface area contributed by atoms with Gasteiger partial charge in [0.05, 0.1) is 13.7 Å². The molecule has 0 aliphatic heterocycles. The Bertz CT molecular complexity index is 535. The topological polar surface area (TPSA) is 41.5 Å². The monoisotopic (exact) mass is 259 g/mol. The van der Waals surface area contributed by atoms with Crippen molar-refractivity contribution >= 4 is 10.8 Å². The van der Waals surface area contributed by atoms with Crippen LogP contribution in [0.15, 0.2) is 36.4 Å². The number of rotatable bonds is 6. The molecular formula is C16H21NO2. The first-order chi connectivity index (χ1) is 9.26. The van der Waals surface area contributed by atoms with E-state index in [-0.39, 0.29) is 12.6 Å². The molecule has 0 aliphatic carbocycles. The number of methoxy groups -OCH3 is 1. The number of nitrogens with one attached hydrogen (secondary N) is 1. The average molecular weight is 259 g/mol. The van der Waals surface area contributed by atoms with Crippen molar-refractivity contribution in [3.05, 3.63) is 42.0 Å². The van der Waals surface area contributed by atoms with Crippen LogP contribution in [0.3, 0.4) is 0 Å². The van der Waals surface area contributed by atoms with Crippen LogP contribution < -0.4 is 10.1 Å². The molecule has 2 aromatic carbocycles. The molecule has 0 saturated heterocycles. The lowest BCUT2D eigenvalue weighted by Crippen LogP contribution is -2.31. The third-order valence-corrected chi connectivity index (χ3v) is 3.42. The summed E-state index contributed by atoms with van der Waals surface area (Å²) in [7, 11) is 1.68. The van der Waals surface area contributed by atoms with Crippen molar-refractivity contribution in [2.75, 3.05) is 13.7 Å². The predicted octanol–water partition coefficient (Wildman–Crippen LogP) is 2.71.